The smallest absolute Gasteiger partial charge is 0.00106 e. The van der Waals surface area contributed by atoms with Crippen molar-refractivity contribution < 1.29 is 0 Å². The van der Waals surface area contributed by atoms with Gasteiger partial charge in [0.2, 0.25) is 0 Å². The third kappa shape index (κ3) is 2.98. The monoisotopic (exact) mass is 207 g/mol. The van der Waals surface area contributed by atoms with Crippen LogP contribution in [-0.2, 0) is 12.8 Å². The molecular formula is C11H11S2. The first kappa shape index (κ1) is 10.5. The zero-order chi connectivity index (χ0) is 9.68. The minimum Gasteiger partial charge on any atom is -0.0931 e. The van der Waals surface area contributed by atoms with Gasteiger partial charge in [0.25, 0.3) is 0 Å². The van der Waals surface area contributed by atoms with E-state index < -0.39 is 0 Å². The number of thiocarbonyl (C=S) groups is 2. The van der Waals surface area contributed by atoms with Crippen molar-refractivity contribution in [1.29, 1.82) is 0 Å². The third-order valence-corrected chi connectivity index (χ3v) is 2.23. The van der Waals surface area contributed by atoms with Crippen LogP contribution in [0.2, 0.25) is 0 Å². The summed E-state index contributed by atoms with van der Waals surface area (Å²) >= 11 is 9.63. The maximum absolute atomic E-state index is 4.82. The first-order valence-electron chi connectivity index (χ1n) is 4.09. The molecule has 0 nitrogen and oxygen atoms in total. The lowest BCUT2D eigenvalue weighted by molar-refractivity contribution is 1.27. The molecule has 0 aromatic heterocycles. The lowest BCUT2D eigenvalue weighted by Gasteiger charge is -2.04. The van der Waals surface area contributed by atoms with Gasteiger partial charge >= 0.3 is 0 Å². The molecule has 1 aromatic rings. The molecule has 0 amide bonds. The third-order valence-electron chi connectivity index (χ3n) is 1.89. The second-order valence-electron chi connectivity index (χ2n) is 2.84. The van der Waals surface area contributed by atoms with Crippen LogP contribution in [0.3, 0.4) is 0 Å². The van der Waals surface area contributed by atoms with E-state index in [1.165, 1.54) is 11.1 Å². The molecule has 1 radical (unpaired) electrons. The molecule has 0 bridgehead atoms. The molecule has 0 unspecified atom stereocenters. The highest BCUT2D eigenvalue weighted by molar-refractivity contribution is 7.79. The van der Waals surface area contributed by atoms with Gasteiger partial charge in [-0.25, -0.2) is 0 Å². The second kappa shape index (κ2) is 5.20. The fourth-order valence-electron chi connectivity index (χ4n) is 1.18. The Balaban J connectivity index is 2.95. The van der Waals surface area contributed by atoms with Crippen molar-refractivity contribution in [2.45, 2.75) is 12.8 Å². The van der Waals surface area contributed by atoms with Crippen molar-refractivity contribution in [2.75, 3.05) is 0 Å². The molecule has 13 heavy (non-hydrogen) atoms. The quantitative estimate of drug-likeness (QED) is 0.696. The maximum atomic E-state index is 4.82. The highest BCUT2D eigenvalue weighted by atomic mass is 32.1. The number of benzene rings is 1. The van der Waals surface area contributed by atoms with Crippen molar-refractivity contribution in [3.63, 3.8) is 0 Å². The van der Waals surface area contributed by atoms with Crippen LogP contribution in [0.25, 0.3) is 0 Å². The molecule has 0 aliphatic carbocycles. The van der Waals surface area contributed by atoms with Gasteiger partial charge in [0.15, 0.2) is 0 Å². The summed E-state index contributed by atoms with van der Waals surface area (Å²) in [5.41, 5.74) is 3.48. The van der Waals surface area contributed by atoms with E-state index in [9.17, 15) is 0 Å². The minimum atomic E-state index is 0.805. The first-order valence-corrected chi connectivity index (χ1v) is 5.03. The van der Waals surface area contributed by atoms with Crippen LogP contribution in [0.1, 0.15) is 16.7 Å². The van der Waals surface area contributed by atoms with E-state index in [0.29, 0.717) is 0 Å². The summed E-state index contributed by atoms with van der Waals surface area (Å²) in [5.74, 6) is 0. The summed E-state index contributed by atoms with van der Waals surface area (Å²) in [7, 11) is 0. The van der Waals surface area contributed by atoms with Crippen LogP contribution in [0, 0.1) is 6.92 Å². The highest BCUT2D eigenvalue weighted by Crippen LogP contribution is 2.11. The van der Waals surface area contributed by atoms with E-state index in [2.05, 4.69) is 19.1 Å². The Hall–Kier alpha value is -0.600. The molecule has 1 rings (SSSR count). The largest absolute Gasteiger partial charge is 0.0931 e. The van der Waals surface area contributed by atoms with Gasteiger partial charge in [-0.1, -0.05) is 42.6 Å². The molecule has 0 atom stereocenters. The molecule has 2 heteroatoms. The molecule has 1 aromatic carbocycles. The van der Waals surface area contributed by atoms with E-state index in [0.717, 1.165) is 18.4 Å². The topological polar surface area (TPSA) is 0 Å². The minimum absolute atomic E-state index is 0.805. The van der Waals surface area contributed by atoms with Crippen molar-refractivity contribution >= 4 is 35.2 Å². The summed E-state index contributed by atoms with van der Waals surface area (Å²) in [4.78, 5) is 0. The lowest BCUT2D eigenvalue weighted by Crippen LogP contribution is -1.93. The molecule has 0 heterocycles. The van der Waals surface area contributed by atoms with Crippen molar-refractivity contribution in [1.82, 2.24) is 0 Å². The standard InChI is InChI=1S/C11H11S2/c1-9-2-3-10(4-6-12)8-11(9)5-7-13/h2-3,6-8H,1,4-5H2. The zero-order valence-electron chi connectivity index (χ0n) is 7.32. The Kier molecular flexibility index (Phi) is 4.19. The zero-order valence-corrected chi connectivity index (χ0v) is 8.96. The molecule has 0 saturated carbocycles. The number of hydrogen-bond donors (Lipinski definition) is 0. The van der Waals surface area contributed by atoms with Gasteiger partial charge in [0, 0.05) is 12.8 Å². The van der Waals surface area contributed by atoms with Crippen LogP contribution in [-0.4, -0.2) is 10.7 Å². The average molecular weight is 207 g/mol. The Morgan fingerprint density at radius 2 is 1.85 bits per heavy atom. The van der Waals surface area contributed by atoms with Gasteiger partial charge in [-0.15, -0.1) is 0 Å². The Morgan fingerprint density at radius 1 is 1.15 bits per heavy atom. The van der Waals surface area contributed by atoms with Crippen LogP contribution in [0.5, 0.6) is 0 Å². The predicted molar refractivity (Wildman–Crippen MR) is 65.6 cm³/mol. The number of rotatable bonds is 4. The van der Waals surface area contributed by atoms with Crippen LogP contribution >= 0.6 is 24.4 Å². The van der Waals surface area contributed by atoms with Gasteiger partial charge < -0.3 is 0 Å². The summed E-state index contributed by atoms with van der Waals surface area (Å²) < 4.78 is 0. The molecule has 67 valence electrons. The lowest BCUT2D eigenvalue weighted by atomic mass is 10.0. The highest BCUT2D eigenvalue weighted by Gasteiger charge is 1.97. The summed E-state index contributed by atoms with van der Waals surface area (Å²) in [6.07, 6.45) is 1.64. The Labute approximate surface area is 90.0 Å². The predicted octanol–water partition coefficient (Wildman–Crippen LogP) is 2.95. The molecule has 0 N–H and O–H groups in total. The SMILES string of the molecule is [CH2]c1ccc(CC=S)cc1CC=S. The van der Waals surface area contributed by atoms with Gasteiger partial charge in [-0.05, 0) is 34.3 Å². The molecular weight excluding hydrogens is 196 g/mol. The Morgan fingerprint density at radius 3 is 2.46 bits per heavy atom. The molecule has 0 saturated heterocycles. The van der Waals surface area contributed by atoms with E-state index in [1.807, 2.05) is 6.07 Å². The first-order chi connectivity index (χ1) is 6.27. The van der Waals surface area contributed by atoms with Gasteiger partial charge in [0.05, 0.1) is 0 Å². The fraction of sp³-hybridized carbons (Fsp3) is 0.182. The van der Waals surface area contributed by atoms with Crippen LogP contribution in [0.4, 0.5) is 0 Å². The fourth-order valence-corrected chi connectivity index (χ4v) is 1.55. The molecule has 0 spiro atoms. The summed E-state index contributed by atoms with van der Waals surface area (Å²) in [6, 6.07) is 6.19. The van der Waals surface area contributed by atoms with Gasteiger partial charge in [0.1, 0.15) is 0 Å². The summed E-state index contributed by atoms with van der Waals surface area (Å²) in [5, 5.41) is 3.46. The Bertz CT molecular complexity index is 316. The normalized spacial score (nSPS) is 9.62. The molecule has 0 aliphatic heterocycles. The van der Waals surface area contributed by atoms with E-state index in [-0.39, 0.29) is 0 Å². The van der Waals surface area contributed by atoms with Gasteiger partial charge in [-0.2, -0.15) is 0 Å². The van der Waals surface area contributed by atoms with Crippen LogP contribution in [0.15, 0.2) is 18.2 Å². The van der Waals surface area contributed by atoms with E-state index in [4.69, 9.17) is 24.4 Å². The van der Waals surface area contributed by atoms with Crippen LogP contribution < -0.4 is 0 Å². The summed E-state index contributed by atoms with van der Waals surface area (Å²) in [6.45, 7) is 3.94. The molecule has 0 aliphatic rings. The van der Waals surface area contributed by atoms with E-state index >= 15 is 0 Å². The maximum Gasteiger partial charge on any atom is 0.00106 e. The molecule has 0 fully saturated rings. The second-order valence-corrected chi connectivity index (χ2v) is 3.51. The van der Waals surface area contributed by atoms with E-state index in [1.54, 1.807) is 10.7 Å². The van der Waals surface area contributed by atoms with Crippen molar-refractivity contribution in [2.24, 2.45) is 0 Å². The average Bonchev–Trinajstić information content (AvgIpc) is 2.12. The van der Waals surface area contributed by atoms with Gasteiger partial charge in [-0.3, -0.25) is 0 Å². The number of hydrogen-bond acceptors (Lipinski definition) is 2. The van der Waals surface area contributed by atoms with Crippen molar-refractivity contribution in [3.05, 3.63) is 41.8 Å². The van der Waals surface area contributed by atoms with Crippen molar-refractivity contribution in [3.8, 4) is 0 Å².